The molecule has 1 amide bonds. The van der Waals surface area contributed by atoms with E-state index in [0.717, 1.165) is 18.9 Å². The van der Waals surface area contributed by atoms with E-state index in [0.29, 0.717) is 16.8 Å². The van der Waals surface area contributed by atoms with Crippen LogP contribution in [0.1, 0.15) is 23.3 Å². The number of oxazole rings is 1. The summed E-state index contributed by atoms with van der Waals surface area (Å²) < 4.78 is 5.20. The number of hydrogen-bond donors (Lipinski definition) is 1. The molecule has 4 rings (SSSR count). The van der Waals surface area contributed by atoms with Gasteiger partial charge in [-0.3, -0.25) is 4.79 Å². The number of pyridine rings is 1. The number of carbonyl (C=O) groups excluding carboxylic acids is 1. The molecular weight excluding hydrogens is 256 g/mol. The van der Waals surface area contributed by atoms with Crippen molar-refractivity contribution >= 4 is 17.0 Å². The van der Waals surface area contributed by atoms with Gasteiger partial charge in [-0.15, -0.1) is 0 Å². The molecule has 2 fully saturated rings. The minimum atomic E-state index is -0.129. The van der Waals surface area contributed by atoms with E-state index in [9.17, 15) is 4.79 Å². The van der Waals surface area contributed by atoms with E-state index in [1.807, 2.05) is 0 Å². The molecule has 2 aromatic heterocycles. The van der Waals surface area contributed by atoms with Crippen molar-refractivity contribution in [2.45, 2.75) is 18.9 Å². The normalized spacial score (nSPS) is 28.7. The molecule has 4 heterocycles. The van der Waals surface area contributed by atoms with Gasteiger partial charge >= 0.3 is 0 Å². The van der Waals surface area contributed by atoms with Crippen LogP contribution in [0.3, 0.4) is 0 Å². The number of nitrogens with zero attached hydrogens (tertiary/aromatic N) is 3. The van der Waals surface area contributed by atoms with E-state index in [4.69, 9.17) is 4.42 Å². The van der Waals surface area contributed by atoms with Crippen LogP contribution in [0.15, 0.2) is 23.1 Å². The Bertz CT molecular complexity index is 641. The highest BCUT2D eigenvalue weighted by Gasteiger charge is 2.33. The summed E-state index contributed by atoms with van der Waals surface area (Å²) in [7, 11) is 0. The van der Waals surface area contributed by atoms with Gasteiger partial charge in [-0.05, 0) is 25.3 Å². The number of hydrogen-bond acceptors (Lipinski definition) is 5. The molecule has 2 aromatic rings. The van der Waals surface area contributed by atoms with Gasteiger partial charge in [-0.25, -0.2) is 9.97 Å². The SMILES string of the molecule is O=C(N[C@@H]1C[C@@H]2CCN(C2)C1)c1cc2ocnc2cn1. The Morgan fingerprint density at radius 3 is 3.25 bits per heavy atom. The molecule has 0 spiro atoms. The number of carbonyl (C=O) groups is 1. The number of nitrogens with one attached hydrogen (secondary N) is 1. The number of amides is 1. The van der Waals surface area contributed by atoms with E-state index in [2.05, 4.69) is 20.2 Å². The molecule has 2 saturated heterocycles. The minimum Gasteiger partial charge on any atom is -0.443 e. The highest BCUT2D eigenvalue weighted by atomic mass is 16.3. The Morgan fingerprint density at radius 2 is 2.35 bits per heavy atom. The summed E-state index contributed by atoms with van der Waals surface area (Å²) in [6.45, 7) is 3.31. The second kappa shape index (κ2) is 4.56. The van der Waals surface area contributed by atoms with Gasteiger partial charge in [-0.2, -0.15) is 0 Å². The lowest BCUT2D eigenvalue weighted by atomic mass is 9.97. The fraction of sp³-hybridized carbons (Fsp3) is 0.500. The average Bonchev–Trinajstić information content (AvgIpc) is 3.04. The molecule has 1 unspecified atom stereocenters. The molecule has 2 aliphatic rings. The number of piperidine rings is 1. The van der Waals surface area contributed by atoms with Crippen molar-refractivity contribution in [1.29, 1.82) is 0 Å². The van der Waals surface area contributed by atoms with Gasteiger partial charge in [-0.1, -0.05) is 0 Å². The van der Waals surface area contributed by atoms with E-state index >= 15 is 0 Å². The molecule has 6 heteroatoms. The Morgan fingerprint density at radius 1 is 1.40 bits per heavy atom. The largest absolute Gasteiger partial charge is 0.443 e. The van der Waals surface area contributed by atoms with E-state index in [-0.39, 0.29) is 11.9 Å². The predicted molar refractivity (Wildman–Crippen MR) is 72.2 cm³/mol. The smallest absolute Gasteiger partial charge is 0.270 e. The zero-order valence-corrected chi connectivity index (χ0v) is 11.1. The van der Waals surface area contributed by atoms with E-state index in [1.165, 1.54) is 25.9 Å². The zero-order valence-electron chi connectivity index (χ0n) is 11.1. The quantitative estimate of drug-likeness (QED) is 0.884. The summed E-state index contributed by atoms with van der Waals surface area (Å²) in [6.07, 6.45) is 5.27. The third-order valence-corrected chi connectivity index (χ3v) is 4.25. The maximum Gasteiger partial charge on any atom is 0.270 e. The second-order valence-electron chi connectivity index (χ2n) is 5.71. The van der Waals surface area contributed by atoms with Crippen molar-refractivity contribution in [3.8, 4) is 0 Å². The van der Waals surface area contributed by atoms with Crippen LogP contribution < -0.4 is 5.32 Å². The molecule has 6 nitrogen and oxygen atoms in total. The predicted octanol–water partition coefficient (Wildman–Crippen LogP) is 1.05. The number of fused-ring (bicyclic) bond motifs is 3. The van der Waals surface area contributed by atoms with Gasteiger partial charge in [0.1, 0.15) is 11.2 Å². The first-order chi connectivity index (χ1) is 9.78. The molecule has 2 bridgehead atoms. The van der Waals surface area contributed by atoms with E-state index in [1.54, 1.807) is 12.3 Å². The fourth-order valence-electron chi connectivity index (χ4n) is 3.31. The Kier molecular flexibility index (Phi) is 2.70. The van der Waals surface area contributed by atoms with Crippen LogP contribution in [0.2, 0.25) is 0 Å². The van der Waals surface area contributed by atoms with Gasteiger partial charge < -0.3 is 14.6 Å². The standard InChI is InChI=1S/C14H16N4O2/c19-14(11-4-13-12(5-15-11)16-8-20-13)17-10-3-9-1-2-18(6-9)7-10/h4-5,8-10H,1-3,6-7H2,(H,17,19)/t9-,10+/m0/s1. The molecule has 2 aliphatic heterocycles. The van der Waals surface area contributed by atoms with Gasteiger partial charge in [0.15, 0.2) is 12.0 Å². The van der Waals surface area contributed by atoms with E-state index < -0.39 is 0 Å². The summed E-state index contributed by atoms with van der Waals surface area (Å²) in [5.41, 5.74) is 1.66. The van der Waals surface area contributed by atoms with Crippen LogP contribution in [-0.2, 0) is 0 Å². The van der Waals surface area contributed by atoms with Crippen molar-refractivity contribution in [2.24, 2.45) is 5.92 Å². The van der Waals surface area contributed by atoms with Crippen LogP contribution in [0.25, 0.3) is 11.1 Å². The summed E-state index contributed by atoms with van der Waals surface area (Å²) in [6, 6.07) is 1.88. The van der Waals surface area contributed by atoms with Crippen molar-refractivity contribution in [3.05, 3.63) is 24.4 Å². The molecule has 0 aromatic carbocycles. The fourth-order valence-corrected chi connectivity index (χ4v) is 3.31. The Hall–Kier alpha value is -1.95. The molecule has 3 atom stereocenters. The molecule has 1 N–H and O–H groups in total. The Balaban J connectivity index is 1.49. The highest BCUT2D eigenvalue weighted by molar-refractivity contribution is 5.94. The molecule has 0 saturated carbocycles. The van der Waals surface area contributed by atoms with Crippen LogP contribution in [0.5, 0.6) is 0 Å². The maximum atomic E-state index is 12.3. The van der Waals surface area contributed by atoms with Crippen LogP contribution >= 0.6 is 0 Å². The highest BCUT2D eigenvalue weighted by Crippen LogP contribution is 2.26. The molecule has 0 radical (unpaired) electrons. The average molecular weight is 272 g/mol. The topological polar surface area (TPSA) is 71.3 Å². The van der Waals surface area contributed by atoms with Crippen molar-refractivity contribution in [1.82, 2.24) is 20.2 Å². The van der Waals surface area contributed by atoms with Gasteiger partial charge in [0.25, 0.3) is 5.91 Å². The number of aromatic nitrogens is 2. The van der Waals surface area contributed by atoms with Gasteiger partial charge in [0, 0.05) is 25.2 Å². The van der Waals surface area contributed by atoms with Crippen LogP contribution in [0, 0.1) is 5.92 Å². The van der Waals surface area contributed by atoms with Crippen LogP contribution in [0.4, 0.5) is 0 Å². The monoisotopic (exact) mass is 272 g/mol. The molecule has 104 valence electrons. The lowest BCUT2D eigenvalue weighted by molar-refractivity contribution is 0.0904. The first-order valence-corrected chi connectivity index (χ1v) is 7.00. The zero-order chi connectivity index (χ0) is 13.5. The lowest BCUT2D eigenvalue weighted by Gasteiger charge is -2.30. The third-order valence-electron chi connectivity index (χ3n) is 4.25. The minimum absolute atomic E-state index is 0.129. The van der Waals surface area contributed by atoms with Gasteiger partial charge in [0.05, 0.1) is 6.20 Å². The van der Waals surface area contributed by atoms with Gasteiger partial charge in [0.2, 0.25) is 0 Å². The lowest BCUT2D eigenvalue weighted by Crippen LogP contribution is -2.47. The Labute approximate surface area is 116 Å². The first kappa shape index (κ1) is 11.8. The summed E-state index contributed by atoms with van der Waals surface area (Å²) >= 11 is 0. The van der Waals surface area contributed by atoms with Crippen molar-refractivity contribution in [3.63, 3.8) is 0 Å². The summed E-state index contributed by atoms with van der Waals surface area (Å²) in [5.74, 6) is 0.606. The molecule has 0 aliphatic carbocycles. The summed E-state index contributed by atoms with van der Waals surface area (Å²) in [4.78, 5) is 22.8. The molecular formula is C14H16N4O2. The maximum absolute atomic E-state index is 12.3. The number of rotatable bonds is 2. The van der Waals surface area contributed by atoms with Crippen LogP contribution in [-0.4, -0.2) is 46.5 Å². The third kappa shape index (κ3) is 2.06. The second-order valence-corrected chi connectivity index (χ2v) is 5.71. The first-order valence-electron chi connectivity index (χ1n) is 7.00. The van der Waals surface area contributed by atoms with Crippen molar-refractivity contribution in [2.75, 3.05) is 19.6 Å². The van der Waals surface area contributed by atoms with Crippen molar-refractivity contribution < 1.29 is 9.21 Å². The summed E-state index contributed by atoms with van der Waals surface area (Å²) in [5, 5.41) is 3.09. The molecule has 20 heavy (non-hydrogen) atoms.